The number of alkyl halides is 3. The van der Waals surface area contributed by atoms with E-state index < -0.39 is 29.8 Å². The number of anilines is 1. The van der Waals surface area contributed by atoms with Gasteiger partial charge in [0.25, 0.3) is 5.91 Å². The Hall–Kier alpha value is -2.48. The Morgan fingerprint density at radius 3 is 2.44 bits per heavy atom. The van der Waals surface area contributed by atoms with Gasteiger partial charge in [-0.1, -0.05) is 28.1 Å². The average Bonchev–Trinajstić information content (AvgIpc) is 2.83. The highest BCUT2D eigenvalue weighted by atomic mass is 79.9. The minimum absolute atomic E-state index is 0.377. The van der Waals surface area contributed by atoms with Crippen LogP contribution in [0.15, 0.2) is 64.8 Å². The van der Waals surface area contributed by atoms with Crippen molar-refractivity contribution in [1.29, 1.82) is 0 Å². The molecule has 4 nitrogen and oxygen atoms in total. The molecule has 2 aromatic carbocycles. The van der Waals surface area contributed by atoms with Gasteiger partial charge >= 0.3 is 6.36 Å². The van der Waals surface area contributed by atoms with Crippen LogP contribution in [0.4, 0.5) is 18.9 Å². The molecule has 0 bridgehead atoms. The van der Waals surface area contributed by atoms with Crippen molar-refractivity contribution in [3.63, 3.8) is 0 Å². The highest BCUT2D eigenvalue weighted by molar-refractivity contribution is 9.10. The number of halogens is 4. The van der Waals surface area contributed by atoms with Gasteiger partial charge in [-0.25, -0.2) is 0 Å². The lowest BCUT2D eigenvalue weighted by Crippen LogP contribution is -2.29. The van der Waals surface area contributed by atoms with E-state index in [2.05, 4.69) is 20.7 Å². The van der Waals surface area contributed by atoms with Crippen LogP contribution in [0.5, 0.6) is 5.75 Å². The molecule has 0 spiro atoms. The molecule has 0 saturated heterocycles. The first-order chi connectivity index (χ1) is 11.7. The Morgan fingerprint density at radius 1 is 1.12 bits per heavy atom. The van der Waals surface area contributed by atoms with Crippen LogP contribution in [-0.2, 0) is 4.79 Å². The standard InChI is InChI=1S/C17H11BrF3NO3/c18-11-4-6-12(7-5-11)22-14(9-15(23)16(22)24)10-2-1-3-13(8-10)25-17(19,20)21/h1-9,14,23H. The molecular formula is C17H11BrF3NO3. The van der Waals surface area contributed by atoms with Crippen LogP contribution in [0, 0.1) is 0 Å². The van der Waals surface area contributed by atoms with Gasteiger partial charge in [-0.15, -0.1) is 13.2 Å². The first-order valence-electron chi connectivity index (χ1n) is 7.10. The van der Waals surface area contributed by atoms with Crippen molar-refractivity contribution in [2.75, 3.05) is 4.90 Å². The highest BCUT2D eigenvalue weighted by Gasteiger charge is 2.35. The van der Waals surface area contributed by atoms with Crippen LogP contribution in [0.25, 0.3) is 0 Å². The van der Waals surface area contributed by atoms with Crippen molar-refractivity contribution in [2.45, 2.75) is 12.4 Å². The molecule has 1 aliphatic rings. The Balaban J connectivity index is 1.98. The lowest BCUT2D eigenvalue weighted by Gasteiger charge is -2.25. The molecule has 8 heteroatoms. The van der Waals surface area contributed by atoms with Crippen LogP contribution in [0.2, 0.25) is 0 Å². The molecule has 1 atom stereocenters. The van der Waals surface area contributed by atoms with Gasteiger partial charge in [0.05, 0.1) is 6.04 Å². The Bertz CT molecular complexity index is 834. The molecule has 1 unspecified atom stereocenters. The SMILES string of the molecule is O=C1C(O)=CC(c2cccc(OC(F)(F)F)c2)N1c1ccc(Br)cc1. The summed E-state index contributed by atoms with van der Waals surface area (Å²) in [6.45, 7) is 0. The van der Waals surface area contributed by atoms with E-state index >= 15 is 0 Å². The van der Waals surface area contributed by atoms with E-state index in [1.165, 1.54) is 29.2 Å². The second-order valence-corrected chi connectivity index (χ2v) is 6.18. The molecule has 1 heterocycles. The zero-order valence-electron chi connectivity index (χ0n) is 12.5. The highest BCUT2D eigenvalue weighted by Crippen LogP contribution is 2.37. The third-order valence-corrected chi connectivity index (χ3v) is 4.10. The van der Waals surface area contributed by atoms with Crippen LogP contribution >= 0.6 is 15.9 Å². The number of rotatable bonds is 3. The van der Waals surface area contributed by atoms with Crippen LogP contribution in [-0.4, -0.2) is 17.4 Å². The lowest BCUT2D eigenvalue weighted by molar-refractivity contribution is -0.274. The minimum atomic E-state index is -4.81. The minimum Gasteiger partial charge on any atom is -0.503 e. The topological polar surface area (TPSA) is 49.8 Å². The first-order valence-corrected chi connectivity index (χ1v) is 7.89. The second kappa shape index (κ2) is 6.44. The fourth-order valence-electron chi connectivity index (χ4n) is 2.57. The summed E-state index contributed by atoms with van der Waals surface area (Å²) in [7, 11) is 0. The predicted octanol–water partition coefficient (Wildman–Crippen LogP) is 4.88. The van der Waals surface area contributed by atoms with E-state index in [4.69, 9.17) is 0 Å². The van der Waals surface area contributed by atoms with Crippen molar-refractivity contribution < 1.29 is 27.8 Å². The summed E-state index contributed by atoms with van der Waals surface area (Å²) < 4.78 is 42.0. The molecule has 1 aliphatic heterocycles. The second-order valence-electron chi connectivity index (χ2n) is 5.27. The molecule has 0 saturated carbocycles. The number of nitrogens with zero attached hydrogens (tertiary/aromatic N) is 1. The Labute approximate surface area is 149 Å². The normalized spacial score (nSPS) is 17.6. The molecule has 0 aromatic heterocycles. The predicted molar refractivity (Wildman–Crippen MR) is 88.2 cm³/mol. The van der Waals surface area contributed by atoms with Crippen molar-refractivity contribution in [1.82, 2.24) is 0 Å². The summed E-state index contributed by atoms with van der Waals surface area (Å²) in [4.78, 5) is 13.6. The zero-order chi connectivity index (χ0) is 18.2. The van der Waals surface area contributed by atoms with E-state index in [1.54, 1.807) is 30.3 Å². The largest absolute Gasteiger partial charge is 0.573 e. The zero-order valence-corrected chi connectivity index (χ0v) is 14.1. The molecule has 0 radical (unpaired) electrons. The number of benzene rings is 2. The number of aliphatic hydroxyl groups is 1. The molecular weight excluding hydrogens is 403 g/mol. The number of carbonyl (C=O) groups excluding carboxylic acids is 1. The van der Waals surface area contributed by atoms with Gasteiger partial charge in [-0.05, 0) is 48.0 Å². The van der Waals surface area contributed by atoms with Gasteiger partial charge in [0.15, 0.2) is 5.76 Å². The van der Waals surface area contributed by atoms with Gasteiger partial charge in [-0.2, -0.15) is 0 Å². The monoisotopic (exact) mass is 413 g/mol. The molecule has 3 rings (SSSR count). The number of aliphatic hydroxyl groups excluding tert-OH is 1. The summed E-state index contributed by atoms with van der Waals surface area (Å²) in [5.74, 6) is -1.49. The lowest BCUT2D eigenvalue weighted by atomic mass is 10.1. The maximum Gasteiger partial charge on any atom is 0.573 e. The summed E-state index contributed by atoms with van der Waals surface area (Å²) in [5.41, 5.74) is 0.878. The van der Waals surface area contributed by atoms with Gasteiger partial charge in [-0.3, -0.25) is 9.69 Å². The van der Waals surface area contributed by atoms with Crippen molar-refractivity contribution in [2.24, 2.45) is 0 Å². The number of carbonyl (C=O) groups is 1. The van der Waals surface area contributed by atoms with Gasteiger partial charge in [0.2, 0.25) is 0 Å². The number of ether oxygens (including phenoxy) is 1. The number of hydrogen-bond acceptors (Lipinski definition) is 3. The number of amides is 1. The summed E-state index contributed by atoms with van der Waals surface area (Å²) >= 11 is 3.29. The van der Waals surface area contributed by atoms with Crippen molar-refractivity contribution in [3.05, 3.63) is 70.4 Å². The van der Waals surface area contributed by atoms with Crippen LogP contribution in [0.1, 0.15) is 11.6 Å². The fourth-order valence-corrected chi connectivity index (χ4v) is 2.83. The maximum atomic E-state index is 12.4. The summed E-state index contributed by atoms with van der Waals surface area (Å²) in [5, 5.41) is 9.82. The van der Waals surface area contributed by atoms with Crippen LogP contribution < -0.4 is 9.64 Å². The summed E-state index contributed by atoms with van der Waals surface area (Å²) in [6, 6.07) is 11.3. The quantitative estimate of drug-likeness (QED) is 0.779. The van der Waals surface area contributed by atoms with Crippen molar-refractivity contribution >= 4 is 27.5 Å². The van der Waals surface area contributed by atoms with E-state index in [-0.39, 0.29) is 0 Å². The first kappa shape index (κ1) is 17.3. The van der Waals surface area contributed by atoms with E-state index in [0.29, 0.717) is 11.3 Å². The van der Waals surface area contributed by atoms with Gasteiger partial charge in [0.1, 0.15) is 5.75 Å². The van der Waals surface area contributed by atoms with E-state index in [0.717, 1.165) is 4.47 Å². The third-order valence-electron chi connectivity index (χ3n) is 3.57. The molecule has 0 aliphatic carbocycles. The molecule has 2 aromatic rings. The average molecular weight is 414 g/mol. The Kier molecular flexibility index (Phi) is 4.47. The molecule has 130 valence electrons. The summed E-state index contributed by atoms with van der Waals surface area (Å²) in [6.07, 6.45) is -3.52. The molecule has 0 fully saturated rings. The third kappa shape index (κ3) is 3.79. The van der Waals surface area contributed by atoms with Gasteiger partial charge in [0, 0.05) is 10.2 Å². The number of hydrogen-bond donors (Lipinski definition) is 1. The van der Waals surface area contributed by atoms with E-state index in [1.807, 2.05) is 0 Å². The fraction of sp³-hybridized carbons (Fsp3) is 0.118. The van der Waals surface area contributed by atoms with Crippen LogP contribution in [0.3, 0.4) is 0 Å². The van der Waals surface area contributed by atoms with E-state index in [9.17, 15) is 23.1 Å². The molecule has 25 heavy (non-hydrogen) atoms. The van der Waals surface area contributed by atoms with Gasteiger partial charge < -0.3 is 9.84 Å². The molecule has 1 amide bonds. The van der Waals surface area contributed by atoms with Crippen molar-refractivity contribution in [3.8, 4) is 5.75 Å². The Morgan fingerprint density at radius 2 is 1.80 bits per heavy atom. The molecule has 1 N–H and O–H groups in total. The smallest absolute Gasteiger partial charge is 0.503 e. The maximum absolute atomic E-state index is 12.4.